The highest BCUT2D eigenvalue weighted by Crippen LogP contribution is 2.08. The van der Waals surface area contributed by atoms with Gasteiger partial charge in [-0.05, 0) is 40.7 Å². The largest absolute Gasteiger partial charge is 0.458 e. The minimum Gasteiger partial charge on any atom is -0.458 e. The van der Waals surface area contributed by atoms with Crippen LogP contribution in [0.5, 0.6) is 0 Å². The molecule has 0 unspecified atom stereocenters. The quantitative estimate of drug-likeness (QED) is 0.829. The van der Waals surface area contributed by atoms with Crippen molar-refractivity contribution in [1.82, 2.24) is 9.88 Å². The van der Waals surface area contributed by atoms with Crippen LogP contribution in [0.3, 0.4) is 0 Å². The molecule has 0 saturated heterocycles. The SMILES string of the molecule is CCn1cc(NC(=O)N[C@@H](C)C(=O)OC(C)(C)C)ccc1=O. The molecule has 7 heteroatoms. The Morgan fingerprint density at radius 1 is 1.32 bits per heavy atom. The van der Waals surface area contributed by atoms with E-state index in [1.807, 2.05) is 6.92 Å². The Bertz CT molecular complexity index is 602. The van der Waals surface area contributed by atoms with Crippen LogP contribution in [0, 0.1) is 0 Å². The number of carbonyl (C=O) groups excluding carboxylic acids is 2. The smallest absolute Gasteiger partial charge is 0.328 e. The van der Waals surface area contributed by atoms with E-state index in [0.717, 1.165) is 0 Å². The van der Waals surface area contributed by atoms with E-state index in [1.54, 1.807) is 33.9 Å². The fourth-order valence-corrected chi connectivity index (χ4v) is 1.67. The van der Waals surface area contributed by atoms with Gasteiger partial charge in [0.2, 0.25) is 0 Å². The molecule has 122 valence electrons. The second-order valence-electron chi connectivity index (χ2n) is 5.90. The summed E-state index contributed by atoms with van der Waals surface area (Å²) in [6, 6.07) is 1.55. The fraction of sp³-hybridized carbons (Fsp3) is 0.533. The Morgan fingerprint density at radius 3 is 2.50 bits per heavy atom. The molecule has 0 saturated carbocycles. The lowest BCUT2D eigenvalue weighted by Crippen LogP contribution is -2.44. The molecule has 1 aromatic rings. The maximum Gasteiger partial charge on any atom is 0.328 e. The molecule has 22 heavy (non-hydrogen) atoms. The lowest BCUT2D eigenvalue weighted by Gasteiger charge is -2.22. The van der Waals surface area contributed by atoms with E-state index < -0.39 is 23.6 Å². The molecule has 0 aliphatic rings. The molecule has 0 aliphatic heterocycles. The zero-order chi connectivity index (χ0) is 16.9. The summed E-state index contributed by atoms with van der Waals surface area (Å²) in [5, 5.41) is 5.07. The summed E-state index contributed by atoms with van der Waals surface area (Å²) in [7, 11) is 0. The van der Waals surface area contributed by atoms with Gasteiger partial charge in [-0.2, -0.15) is 0 Å². The molecule has 1 rings (SSSR count). The summed E-state index contributed by atoms with van der Waals surface area (Å²) in [6.45, 7) is 9.14. The number of nitrogens with one attached hydrogen (secondary N) is 2. The van der Waals surface area contributed by atoms with Gasteiger partial charge >= 0.3 is 12.0 Å². The zero-order valence-electron chi connectivity index (χ0n) is 13.6. The van der Waals surface area contributed by atoms with Gasteiger partial charge in [-0.25, -0.2) is 9.59 Å². The average molecular weight is 309 g/mol. The number of aryl methyl sites for hydroxylation is 1. The third-order valence-corrected chi connectivity index (χ3v) is 2.69. The van der Waals surface area contributed by atoms with Crippen molar-refractivity contribution in [3.63, 3.8) is 0 Å². The van der Waals surface area contributed by atoms with Crippen LogP contribution in [0.1, 0.15) is 34.6 Å². The Kier molecular flexibility index (Phi) is 5.73. The molecule has 0 bridgehead atoms. The third kappa shape index (κ3) is 5.59. The highest BCUT2D eigenvalue weighted by atomic mass is 16.6. The van der Waals surface area contributed by atoms with Crippen LogP contribution in [-0.2, 0) is 16.1 Å². The summed E-state index contributed by atoms with van der Waals surface area (Å²) in [5.41, 5.74) is -0.286. The van der Waals surface area contributed by atoms with Crippen molar-refractivity contribution < 1.29 is 14.3 Å². The summed E-state index contributed by atoms with van der Waals surface area (Å²) in [4.78, 5) is 35.1. The lowest BCUT2D eigenvalue weighted by molar-refractivity contribution is -0.156. The molecule has 2 N–H and O–H groups in total. The van der Waals surface area contributed by atoms with E-state index in [4.69, 9.17) is 4.74 Å². The van der Waals surface area contributed by atoms with Crippen LogP contribution in [-0.4, -0.2) is 28.2 Å². The predicted molar refractivity (Wildman–Crippen MR) is 83.8 cm³/mol. The van der Waals surface area contributed by atoms with Crippen molar-refractivity contribution in [3.8, 4) is 0 Å². The van der Waals surface area contributed by atoms with Gasteiger partial charge in [-0.15, -0.1) is 0 Å². The molecule has 0 fully saturated rings. The first kappa shape index (κ1) is 17.7. The Balaban J connectivity index is 2.63. The number of nitrogens with zero attached hydrogens (tertiary/aromatic N) is 1. The van der Waals surface area contributed by atoms with Gasteiger partial charge in [0.25, 0.3) is 5.56 Å². The zero-order valence-corrected chi connectivity index (χ0v) is 13.6. The van der Waals surface area contributed by atoms with Crippen LogP contribution in [0.25, 0.3) is 0 Å². The Morgan fingerprint density at radius 2 is 1.95 bits per heavy atom. The van der Waals surface area contributed by atoms with E-state index in [0.29, 0.717) is 12.2 Å². The average Bonchev–Trinajstić information content (AvgIpc) is 2.38. The van der Waals surface area contributed by atoms with Gasteiger partial charge in [0.1, 0.15) is 11.6 Å². The topological polar surface area (TPSA) is 89.4 Å². The van der Waals surface area contributed by atoms with Gasteiger partial charge in [0.15, 0.2) is 0 Å². The summed E-state index contributed by atoms with van der Waals surface area (Å²) in [5.74, 6) is -0.513. The molecule has 0 radical (unpaired) electrons. The number of esters is 1. The van der Waals surface area contributed by atoms with E-state index in [9.17, 15) is 14.4 Å². The highest BCUT2D eigenvalue weighted by Gasteiger charge is 2.22. The molecule has 0 spiro atoms. The van der Waals surface area contributed by atoms with Gasteiger partial charge in [0.05, 0.1) is 5.69 Å². The number of carbonyl (C=O) groups is 2. The first-order valence-corrected chi connectivity index (χ1v) is 7.13. The summed E-state index contributed by atoms with van der Waals surface area (Å²) >= 11 is 0. The van der Waals surface area contributed by atoms with Crippen molar-refractivity contribution in [2.75, 3.05) is 5.32 Å². The molecular formula is C15H23N3O4. The van der Waals surface area contributed by atoms with Crippen LogP contribution < -0.4 is 16.2 Å². The first-order chi connectivity index (χ1) is 10.1. The number of aromatic nitrogens is 1. The Labute approximate surface area is 129 Å². The number of rotatable bonds is 4. The summed E-state index contributed by atoms with van der Waals surface area (Å²) in [6.07, 6.45) is 1.54. The molecule has 2 amide bonds. The number of hydrogen-bond acceptors (Lipinski definition) is 4. The molecule has 1 atom stereocenters. The van der Waals surface area contributed by atoms with E-state index in [2.05, 4.69) is 10.6 Å². The van der Waals surface area contributed by atoms with Gasteiger partial charge < -0.3 is 19.9 Å². The van der Waals surface area contributed by atoms with Crippen LogP contribution in [0.15, 0.2) is 23.1 Å². The third-order valence-electron chi connectivity index (χ3n) is 2.69. The summed E-state index contributed by atoms with van der Waals surface area (Å²) < 4.78 is 6.64. The van der Waals surface area contributed by atoms with E-state index >= 15 is 0 Å². The standard InChI is InChI=1S/C15H23N3O4/c1-6-18-9-11(7-8-12(18)19)17-14(21)16-10(2)13(20)22-15(3,4)5/h7-10H,6H2,1-5H3,(H2,16,17,21)/t10-/m0/s1. The van der Waals surface area contributed by atoms with Gasteiger partial charge in [0, 0.05) is 18.8 Å². The molecule has 7 nitrogen and oxygen atoms in total. The van der Waals surface area contributed by atoms with Crippen LogP contribution in [0.2, 0.25) is 0 Å². The maximum atomic E-state index is 11.9. The molecule has 1 heterocycles. The second kappa shape index (κ2) is 7.11. The molecule has 1 aromatic heterocycles. The molecule has 0 aromatic carbocycles. The van der Waals surface area contributed by atoms with Crippen molar-refractivity contribution >= 4 is 17.7 Å². The minimum atomic E-state index is -0.781. The van der Waals surface area contributed by atoms with E-state index in [-0.39, 0.29) is 5.56 Å². The van der Waals surface area contributed by atoms with Crippen LogP contribution in [0.4, 0.5) is 10.5 Å². The lowest BCUT2D eigenvalue weighted by atomic mass is 10.2. The number of anilines is 1. The first-order valence-electron chi connectivity index (χ1n) is 7.13. The number of urea groups is 1. The van der Waals surface area contributed by atoms with Crippen molar-refractivity contribution in [3.05, 3.63) is 28.7 Å². The van der Waals surface area contributed by atoms with Crippen molar-refractivity contribution in [1.29, 1.82) is 0 Å². The van der Waals surface area contributed by atoms with E-state index in [1.165, 1.54) is 16.7 Å². The monoisotopic (exact) mass is 309 g/mol. The normalized spacial score (nSPS) is 12.4. The second-order valence-corrected chi connectivity index (χ2v) is 5.90. The molecular weight excluding hydrogens is 286 g/mol. The Hall–Kier alpha value is -2.31. The minimum absolute atomic E-state index is 0.143. The number of hydrogen-bond donors (Lipinski definition) is 2. The predicted octanol–water partition coefficient (Wildman–Crippen LogP) is 1.72. The fourth-order valence-electron chi connectivity index (χ4n) is 1.67. The van der Waals surface area contributed by atoms with Crippen LogP contribution >= 0.6 is 0 Å². The number of pyridine rings is 1. The molecule has 0 aliphatic carbocycles. The van der Waals surface area contributed by atoms with Gasteiger partial charge in [-0.3, -0.25) is 4.79 Å². The van der Waals surface area contributed by atoms with Crippen molar-refractivity contribution in [2.45, 2.75) is 52.8 Å². The maximum absolute atomic E-state index is 11.9. The number of amides is 2. The number of ether oxygens (including phenoxy) is 1. The highest BCUT2D eigenvalue weighted by molar-refractivity contribution is 5.92. The van der Waals surface area contributed by atoms with Crippen molar-refractivity contribution in [2.24, 2.45) is 0 Å². The van der Waals surface area contributed by atoms with Gasteiger partial charge in [-0.1, -0.05) is 0 Å².